The molecule has 0 radical (unpaired) electrons. The highest BCUT2D eigenvalue weighted by molar-refractivity contribution is 6.18. The molecule has 276 valence electrons. The zero-order valence-corrected chi connectivity index (χ0v) is 31.9. The first-order chi connectivity index (χ1) is 29.2. The quantitative estimate of drug-likeness (QED) is 0.152. The lowest BCUT2D eigenvalue weighted by molar-refractivity contribution is 1.18. The summed E-state index contributed by atoms with van der Waals surface area (Å²) in [6.45, 7) is 0. The third-order valence-corrected chi connectivity index (χ3v) is 11.0. The van der Waals surface area contributed by atoms with Gasteiger partial charge in [0.05, 0.1) is 34.0 Å². The van der Waals surface area contributed by atoms with Crippen LogP contribution in [0, 0.1) is 0 Å². The van der Waals surface area contributed by atoms with Crippen molar-refractivity contribution in [2.24, 2.45) is 0 Å². The average Bonchev–Trinajstić information content (AvgIpc) is 3.72. The summed E-state index contributed by atoms with van der Waals surface area (Å²) in [7, 11) is 0. The molecule has 0 fully saturated rings. The van der Waals surface area contributed by atoms with Gasteiger partial charge in [0.25, 0.3) is 0 Å². The van der Waals surface area contributed by atoms with E-state index in [4.69, 9.17) is 19.9 Å². The molecule has 0 unspecified atom stereocenters. The molecular formula is C54H35N5. The second-order valence-corrected chi connectivity index (χ2v) is 14.7. The van der Waals surface area contributed by atoms with Crippen LogP contribution in [0.4, 0.5) is 0 Å². The summed E-state index contributed by atoms with van der Waals surface area (Å²) in [4.78, 5) is 20.9. The van der Waals surface area contributed by atoms with Crippen LogP contribution in [0.2, 0.25) is 0 Å². The maximum Gasteiger partial charge on any atom is 0.160 e. The van der Waals surface area contributed by atoms with E-state index < -0.39 is 0 Å². The Labute approximate surface area is 341 Å². The molecule has 7 aromatic carbocycles. The van der Waals surface area contributed by atoms with Crippen LogP contribution >= 0.6 is 0 Å². The van der Waals surface area contributed by atoms with Gasteiger partial charge in [0, 0.05) is 55.7 Å². The highest BCUT2D eigenvalue weighted by Crippen LogP contribution is 2.41. The van der Waals surface area contributed by atoms with Crippen LogP contribution in [-0.4, -0.2) is 24.3 Å². The topological polar surface area (TPSA) is 56.0 Å². The second-order valence-electron chi connectivity index (χ2n) is 14.7. The Bertz CT molecular complexity index is 3220. The number of rotatable bonds is 7. The summed E-state index contributed by atoms with van der Waals surface area (Å²) >= 11 is 0. The van der Waals surface area contributed by atoms with E-state index in [1.807, 2.05) is 48.5 Å². The molecular weight excluding hydrogens is 719 g/mol. The Morgan fingerprint density at radius 2 is 0.814 bits per heavy atom. The summed E-state index contributed by atoms with van der Waals surface area (Å²) in [5.74, 6) is 0.700. The van der Waals surface area contributed by atoms with Gasteiger partial charge in [-0.25, -0.2) is 19.9 Å². The lowest BCUT2D eigenvalue weighted by atomic mass is 9.97. The molecule has 0 aliphatic rings. The Morgan fingerprint density at radius 1 is 0.322 bits per heavy atom. The van der Waals surface area contributed by atoms with E-state index in [1.54, 1.807) is 0 Å². The van der Waals surface area contributed by atoms with Crippen molar-refractivity contribution in [3.8, 4) is 78.8 Å². The fourth-order valence-electron chi connectivity index (χ4n) is 8.15. The summed E-state index contributed by atoms with van der Waals surface area (Å²) in [5.41, 5.74) is 15.0. The number of nitrogens with zero attached hydrogens (tertiary/aromatic N) is 5. The van der Waals surface area contributed by atoms with Crippen LogP contribution in [0.5, 0.6) is 0 Å². The van der Waals surface area contributed by atoms with Gasteiger partial charge in [0.2, 0.25) is 0 Å². The second kappa shape index (κ2) is 14.5. The van der Waals surface area contributed by atoms with Crippen molar-refractivity contribution in [1.82, 2.24) is 24.3 Å². The van der Waals surface area contributed by atoms with Crippen molar-refractivity contribution in [2.75, 3.05) is 0 Å². The molecule has 4 aromatic heterocycles. The van der Waals surface area contributed by atoms with Crippen LogP contribution < -0.4 is 0 Å². The minimum Gasteiger partial charge on any atom is -0.298 e. The molecule has 0 aliphatic carbocycles. The molecule has 0 saturated carbocycles. The van der Waals surface area contributed by atoms with Crippen molar-refractivity contribution in [3.05, 3.63) is 212 Å². The molecule has 5 nitrogen and oxygen atoms in total. The number of aromatic nitrogens is 5. The summed E-state index contributed by atoms with van der Waals surface area (Å²) in [6, 6.07) is 71.5. The lowest BCUT2D eigenvalue weighted by Gasteiger charge is -2.13. The lowest BCUT2D eigenvalue weighted by Crippen LogP contribution is -1.96. The standard InChI is InChI=1S/C54H35N5/c1-6-16-37(17-7-1)47-35-48(57-53(56-47)42-24-14-5-15-25-42)38-28-26-36(27-29-38)43-30-31-46-45(34-43)49-44(50(55-46)39-18-8-2-9-19-39)32-33-59-52(41-22-12-4-13-23-41)51(58-54(49)59)40-20-10-3-11-21-40/h1-35H. The van der Waals surface area contributed by atoms with Gasteiger partial charge >= 0.3 is 0 Å². The first-order valence-corrected chi connectivity index (χ1v) is 19.8. The van der Waals surface area contributed by atoms with Gasteiger partial charge in [0.15, 0.2) is 5.82 Å². The predicted molar refractivity (Wildman–Crippen MR) is 242 cm³/mol. The number of benzene rings is 7. The van der Waals surface area contributed by atoms with E-state index in [1.165, 1.54) is 0 Å². The van der Waals surface area contributed by atoms with Crippen molar-refractivity contribution in [2.45, 2.75) is 0 Å². The van der Waals surface area contributed by atoms with Crippen LogP contribution in [0.15, 0.2) is 212 Å². The smallest absolute Gasteiger partial charge is 0.160 e. The Morgan fingerprint density at radius 3 is 1.42 bits per heavy atom. The molecule has 0 amide bonds. The maximum absolute atomic E-state index is 5.50. The number of hydrogen-bond acceptors (Lipinski definition) is 4. The number of hydrogen-bond donors (Lipinski definition) is 0. The number of pyridine rings is 2. The van der Waals surface area contributed by atoms with E-state index in [9.17, 15) is 0 Å². The molecule has 0 N–H and O–H groups in total. The van der Waals surface area contributed by atoms with E-state index in [0.29, 0.717) is 5.82 Å². The van der Waals surface area contributed by atoms with Gasteiger partial charge in [-0.15, -0.1) is 0 Å². The van der Waals surface area contributed by atoms with E-state index in [2.05, 4.69) is 168 Å². The third kappa shape index (κ3) is 6.22. The molecule has 0 atom stereocenters. The normalized spacial score (nSPS) is 11.4. The molecule has 0 spiro atoms. The minimum atomic E-state index is 0.700. The Kier molecular flexibility index (Phi) is 8.41. The molecule has 0 aliphatic heterocycles. The monoisotopic (exact) mass is 753 g/mol. The number of imidazole rings is 1. The summed E-state index contributed by atoms with van der Waals surface area (Å²) in [6.07, 6.45) is 2.15. The van der Waals surface area contributed by atoms with Gasteiger partial charge in [0.1, 0.15) is 5.65 Å². The molecule has 11 rings (SSSR count). The van der Waals surface area contributed by atoms with Crippen molar-refractivity contribution < 1.29 is 0 Å². The largest absolute Gasteiger partial charge is 0.298 e. The van der Waals surface area contributed by atoms with Crippen molar-refractivity contribution in [3.63, 3.8) is 0 Å². The Balaban J connectivity index is 1.09. The minimum absolute atomic E-state index is 0.700. The van der Waals surface area contributed by atoms with E-state index in [-0.39, 0.29) is 0 Å². The summed E-state index contributed by atoms with van der Waals surface area (Å²) in [5, 5.41) is 3.17. The van der Waals surface area contributed by atoms with Gasteiger partial charge in [-0.05, 0) is 35.4 Å². The predicted octanol–water partition coefficient (Wildman–Crippen LogP) is 13.5. The van der Waals surface area contributed by atoms with E-state index in [0.717, 1.165) is 100 Å². The van der Waals surface area contributed by atoms with Gasteiger partial charge < -0.3 is 0 Å². The highest BCUT2D eigenvalue weighted by Gasteiger charge is 2.21. The van der Waals surface area contributed by atoms with Crippen LogP contribution in [0.1, 0.15) is 0 Å². The SMILES string of the molecule is c1ccc(-c2cc(-c3ccc(-c4ccc5nc(-c6ccccc6)c6ccn7c(-c8ccccc8)c(-c8ccccc8)nc7c6c5c4)cc3)nc(-c3ccccc3)n2)cc1. The van der Waals surface area contributed by atoms with Crippen LogP contribution in [0.3, 0.4) is 0 Å². The zero-order chi connectivity index (χ0) is 39.1. The third-order valence-electron chi connectivity index (χ3n) is 11.0. The van der Waals surface area contributed by atoms with Crippen molar-refractivity contribution in [1.29, 1.82) is 0 Å². The molecule has 4 heterocycles. The molecule has 59 heavy (non-hydrogen) atoms. The van der Waals surface area contributed by atoms with E-state index >= 15 is 0 Å². The summed E-state index contributed by atoms with van der Waals surface area (Å²) < 4.78 is 2.25. The van der Waals surface area contributed by atoms with Crippen LogP contribution in [0.25, 0.3) is 106 Å². The molecule has 0 saturated heterocycles. The number of fused-ring (bicyclic) bond motifs is 5. The van der Waals surface area contributed by atoms with Crippen LogP contribution in [-0.2, 0) is 0 Å². The Hall–Kier alpha value is -8.02. The fourth-order valence-corrected chi connectivity index (χ4v) is 8.15. The molecule has 0 bridgehead atoms. The average molecular weight is 754 g/mol. The first kappa shape index (κ1) is 34.2. The maximum atomic E-state index is 5.50. The highest BCUT2D eigenvalue weighted by atomic mass is 15.0. The zero-order valence-electron chi connectivity index (χ0n) is 31.9. The van der Waals surface area contributed by atoms with Gasteiger partial charge in [-0.3, -0.25) is 4.40 Å². The van der Waals surface area contributed by atoms with Gasteiger partial charge in [-0.2, -0.15) is 0 Å². The first-order valence-electron chi connectivity index (χ1n) is 19.8. The molecule has 5 heteroatoms. The molecule has 11 aromatic rings. The fraction of sp³-hybridized carbons (Fsp3) is 0. The van der Waals surface area contributed by atoms with Gasteiger partial charge in [-0.1, -0.05) is 182 Å². The van der Waals surface area contributed by atoms with Crippen molar-refractivity contribution >= 4 is 27.3 Å².